The van der Waals surface area contributed by atoms with Crippen LogP contribution in [0.25, 0.3) is 0 Å². The fraction of sp³-hybridized carbons (Fsp3) is 0.542. The summed E-state index contributed by atoms with van der Waals surface area (Å²) in [5.74, 6) is -0.899. The van der Waals surface area contributed by atoms with Gasteiger partial charge in [0, 0.05) is 31.9 Å². The van der Waals surface area contributed by atoms with E-state index in [0.29, 0.717) is 25.3 Å². The van der Waals surface area contributed by atoms with Gasteiger partial charge in [0.1, 0.15) is 0 Å². The summed E-state index contributed by atoms with van der Waals surface area (Å²) in [6, 6.07) is 7.43. The molecule has 2 saturated heterocycles. The summed E-state index contributed by atoms with van der Waals surface area (Å²) in [4.78, 5) is 42.2. The molecule has 2 aliphatic heterocycles. The zero-order valence-electron chi connectivity index (χ0n) is 19.6. The van der Waals surface area contributed by atoms with Crippen molar-refractivity contribution in [1.82, 2.24) is 25.3 Å². The number of piperidine rings is 2. The summed E-state index contributed by atoms with van der Waals surface area (Å²) < 4.78 is 0. The lowest BCUT2D eigenvalue weighted by Gasteiger charge is -2.32. The minimum atomic E-state index is -0.398. The molecule has 2 aliphatic rings. The molecule has 1 aromatic carbocycles. The van der Waals surface area contributed by atoms with Gasteiger partial charge in [-0.1, -0.05) is 35.5 Å². The molecule has 3 heterocycles. The van der Waals surface area contributed by atoms with Gasteiger partial charge in [-0.2, -0.15) is 0 Å². The quantitative estimate of drug-likeness (QED) is 0.625. The molecule has 0 saturated carbocycles. The number of hydrogen-bond donors (Lipinski definition) is 2. The van der Waals surface area contributed by atoms with E-state index in [9.17, 15) is 14.4 Å². The summed E-state index contributed by atoms with van der Waals surface area (Å²) >= 11 is 0.973. The number of carbonyl (C=O) groups excluding carboxylic acids is 3. The molecule has 0 spiro atoms. The molecule has 1 atom stereocenters. The molecule has 2 aromatic rings. The third-order valence-corrected chi connectivity index (χ3v) is 7.28. The van der Waals surface area contributed by atoms with Crippen LogP contribution in [0.5, 0.6) is 0 Å². The summed E-state index contributed by atoms with van der Waals surface area (Å²) in [6.45, 7) is 6.62. The minimum Gasteiger partial charge on any atom is -0.355 e. The Balaban J connectivity index is 1.27. The molecule has 0 unspecified atom stereocenters. The first kappa shape index (κ1) is 24.3. The second-order valence-electron chi connectivity index (χ2n) is 9.02. The van der Waals surface area contributed by atoms with Crippen molar-refractivity contribution in [2.24, 2.45) is 5.92 Å². The predicted octanol–water partition coefficient (Wildman–Crippen LogP) is 2.55. The zero-order valence-corrected chi connectivity index (χ0v) is 20.4. The summed E-state index contributed by atoms with van der Waals surface area (Å²) in [5.41, 5.74) is 1.75. The fourth-order valence-corrected chi connectivity index (χ4v) is 5.10. The first-order valence-electron chi connectivity index (χ1n) is 12.0. The Kier molecular flexibility index (Phi) is 8.23. The Morgan fingerprint density at radius 1 is 1.00 bits per heavy atom. The third-order valence-electron chi connectivity index (χ3n) is 6.37. The largest absolute Gasteiger partial charge is 0.355 e. The van der Waals surface area contributed by atoms with Gasteiger partial charge < -0.3 is 20.4 Å². The summed E-state index contributed by atoms with van der Waals surface area (Å²) in [5, 5.41) is 14.0. The lowest BCUT2D eigenvalue weighted by molar-refractivity contribution is -0.126. The Bertz CT molecular complexity index is 1000. The van der Waals surface area contributed by atoms with Crippen LogP contribution in [-0.2, 0) is 4.79 Å². The minimum absolute atomic E-state index is 0.00457. The van der Waals surface area contributed by atoms with Gasteiger partial charge >= 0.3 is 0 Å². The fourth-order valence-electron chi connectivity index (χ4n) is 4.40. The molecule has 4 rings (SSSR count). The number of carbonyl (C=O) groups is 3. The lowest BCUT2D eigenvalue weighted by atomic mass is 9.97. The first-order valence-corrected chi connectivity index (χ1v) is 12.8. The second-order valence-corrected chi connectivity index (χ2v) is 9.99. The summed E-state index contributed by atoms with van der Waals surface area (Å²) in [6.07, 6.45) is 5.28. The van der Waals surface area contributed by atoms with E-state index < -0.39 is 5.91 Å². The van der Waals surface area contributed by atoms with Crippen LogP contribution in [0.4, 0.5) is 5.69 Å². The second kappa shape index (κ2) is 11.5. The van der Waals surface area contributed by atoms with Crippen molar-refractivity contribution >= 4 is 34.7 Å². The maximum absolute atomic E-state index is 13.0. The van der Waals surface area contributed by atoms with Gasteiger partial charge in [0.2, 0.25) is 15.9 Å². The molecule has 10 heteroatoms. The average Bonchev–Trinajstić information content (AvgIpc) is 3.36. The van der Waals surface area contributed by atoms with Gasteiger partial charge in [-0.05, 0) is 57.8 Å². The zero-order chi connectivity index (χ0) is 23.9. The Labute approximate surface area is 203 Å². The van der Waals surface area contributed by atoms with Gasteiger partial charge in [-0.3, -0.25) is 14.4 Å². The Morgan fingerprint density at radius 3 is 2.50 bits per heavy atom. The molecule has 182 valence electrons. The highest BCUT2D eigenvalue weighted by Crippen LogP contribution is 2.21. The van der Waals surface area contributed by atoms with Crippen molar-refractivity contribution in [3.63, 3.8) is 0 Å². The topological polar surface area (TPSA) is 108 Å². The predicted molar refractivity (Wildman–Crippen MR) is 131 cm³/mol. The standard InChI is InChI=1S/C24H32N6O3S/c1-17-7-9-19(10-8-17)26-21(32)22-27-28-23(34-22)24(33)30-14-5-6-18(16-30)20(31)25-11-15-29-12-3-2-4-13-29/h7-10,18H,2-6,11-16H2,1H3,(H,25,31)(H,26,32)/t18-/m0/s1. The maximum Gasteiger partial charge on any atom is 0.286 e. The van der Waals surface area contributed by atoms with E-state index in [-0.39, 0.29) is 27.7 Å². The summed E-state index contributed by atoms with van der Waals surface area (Å²) in [7, 11) is 0. The Morgan fingerprint density at radius 2 is 1.74 bits per heavy atom. The van der Waals surface area contributed by atoms with Crippen LogP contribution in [-0.4, -0.2) is 77.0 Å². The van der Waals surface area contributed by atoms with Crippen molar-refractivity contribution in [2.75, 3.05) is 44.6 Å². The highest BCUT2D eigenvalue weighted by atomic mass is 32.1. The van der Waals surface area contributed by atoms with E-state index in [1.54, 1.807) is 4.90 Å². The van der Waals surface area contributed by atoms with Gasteiger partial charge in [0.05, 0.1) is 5.92 Å². The van der Waals surface area contributed by atoms with Crippen molar-refractivity contribution in [3.05, 3.63) is 39.8 Å². The van der Waals surface area contributed by atoms with E-state index >= 15 is 0 Å². The highest BCUT2D eigenvalue weighted by Gasteiger charge is 2.31. The van der Waals surface area contributed by atoms with Gasteiger partial charge in [0.15, 0.2) is 0 Å². The lowest BCUT2D eigenvalue weighted by Crippen LogP contribution is -2.46. The highest BCUT2D eigenvalue weighted by molar-refractivity contribution is 7.15. The van der Waals surface area contributed by atoms with Gasteiger partial charge in [-0.25, -0.2) is 0 Å². The number of amides is 3. The molecule has 2 N–H and O–H groups in total. The number of benzene rings is 1. The molecular weight excluding hydrogens is 452 g/mol. The molecule has 34 heavy (non-hydrogen) atoms. The van der Waals surface area contributed by atoms with Crippen molar-refractivity contribution in [2.45, 2.75) is 39.0 Å². The van der Waals surface area contributed by atoms with E-state index in [2.05, 4.69) is 25.7 Å². The molecule has 2 fully saturated rings. The van der Waals surface area contributed by atoms with E-state index in [4.69, 9.17) is 0 Å². The molecule has 0 bridgehead atoms. The number of nitrogens with one attached hydrogen (secondary N) is 2. The number of anilines is 1. The van der Waals surface area contributed by atoms with Crippen LogP contribution in [0, 0.1) is 12.8 Å². The smallest absolute Gasteiger partial charge is 0.286 e. The van der Waals surface area contributed by atoms with Crippen molar-refractivity contribution in [1.29, 1.82) is 0 Å². The van der Waals surface area contributed by atoms with Crippen LogP contribution in [0.15, 0.2) is 24.3 Å². The van der Waals surface area contributed by atoms with Gasteiger partial charge in [-0.15, -0.1) is 10.2 Å². The monoisotopic (exact) mass is 484 g/mol. The van der Waals surface area contributed by atoms with Crippen molar-refractivity contribution < 1.29 is 14.4 Å². The number of aryl methyl sites for hydroxylation is 1. The average molecular weight is 485 g/mol. The van der Waals surface area contributed by atoms with Crippen LogP contribution in [0.3, 0.4) is 0 Å². The normalized spacial score (nSPS) is 19.0. The number of nitrogens with zero attached hydrogens (tertiary/aromatic N) is 4. The van der Waals surface area contributed by atoms with Crippen LogP contribution in [0.1, 0.15) is 57.3 Å². The van der Waals surface area contributed by atoms with Gasteiger partial charge in [0.25, 0.3) is 11.8 Å². The molecule has 0 radical (unpaired) electrons. The number of likely N-dealkylation sites (tertiary alicyclic amines) is 2. The van der Waals surface area contributed by atoms with E-state index in [1.165, 1.54) is 19.3 Å². The molecular formula is C24H32N6O3S. The van der Waals surface area contributed by atoms with Crippen molar-refractivity contribution in [3.8, 4) is 0 Å². The van der Waals surface area contributed by atoms with E-state index in [0.717, 1.165) is 49.4 Å². The number of aromatic nitrogens is 2. The molecule has 0 aliphatic carbocycles. The van der Waals surface area contributed by atoms with Crippen LogP contribution in [0.2, 0.25) is 0 Å². The van der Waals surface area contributed by atoms with Crippen LogP contribution >= 0.6 is 11.3 Å². The molecule has 1 aromatic heterocycles. The number of hydrogen-bond acceptors (Lipinski definition) is 7. The SMILES string of the molecule is Cc1ccc(NC(=O)c2nnc(C(=O)N3CCC[C@H](C(=O)NCCN4CCCCC4)C3)s2)cc1. The first-order chi connectivity index (χ1) is 16.5. The molecule has 9 nitrogen and oxygen atoms in total. The number of rotatable bonds is 7. The Hall–Kier alpha value is -2.85. The molecule has 3 amide bonds. The van der Waals surface area contributed by atoms with Crippen LogP contribution < -0.4 is 10.6 Å². The van der Waals surface area contributed by atoms with E-state index in [1.807, 2.05) is 31.2 Å². The maximum atomic E-state index is 13.0. The third kappa shape index (κ3) is 6.38.